The van der Waals surface area contributed by atoms with Crippen molar-refractivity contribution >= 4 is 0 Å². The Bertz CT molecular complexity index is 191. The molecule has 0 saturated heterocycles. The van der Waals surface area contributed by atoms with E-state index < -0.39 is 18.4 Å². The predicted molar refractivity (Wildman–Crippen MR) is 33.6 cm³/mol. The summed E-state index contributed by atoms with van der Waals surface area (Å²) in [7, 11) is 0. The Kier molecular flexibility index (Phi) is 6.01. The molecule has 0 aromatic heterocycles. The lowest BCUT2D eigenvalue weighted by atomic mass is 10.6. The van der Waals surface area contributed by atoms with Crippen LogP contribution in [0.3, 0.4) is 0 Å². The van der Waals surface area contributed by atoms with Crippen LogP contribution >= 0.6 is 0 Å². The van der Waals surface area contributed by atoms with Gasteiger partial charge in [-0.2, -0.15) is 30.7 Å². The zero-order chi connectivity index (χ0) is 12.0. The summed E-state index contributed by atoms with van der Waals surface area (Å²) in [5.74, 6) is 0. The maximum Gasteiger partial charge on any atom is 0.498 e. The lowest BCUT2D eigenvalue weighted by Gasteiger charge is -2.16. The first-order chi connectivity index (χ1) is 6.04. The van der Waals surface area contributed by atoms with Crippen LogP contribution in [0.25, 0.3) is 0 Å². The molecule has 84 valence electrons. The molecular weight excluding hydrogens is 221 g/mol. The van der Waals surface area contributed by atoms with Crippen molar-refractivity contribution in [3.8, 4) is 0 Å². The summed E-state index contributed by atoms with van der Waals surface area (Å²) < 4.78 is 79.5. The molecule has 0 amide bonds. The molecule has 14 heavy (non-hydrogen) atoms. The second-order valence-corrected chi connectivity index (χ2v) is 1.64. The summed E-state index contributed by atoms with van der Waals surface area (Å²) in [5, 5.41) is 0. The van der Waals surface area contributed by atoms with Crippen LogP contribution in [0, 0.1) is 0 Å². The Morgan fingerprint density at radius 1 is 1.07 bits per heavy atom. The van der Waals surface area contributed by atoms with Gasteiger partial charge in [-0.25, -0.2) is 0 Å². The Hall–Kier alpha value is -1.21. The van der Waals surface area contributed by atoms with E-state index in [0.29, 0.717) is 0 Å². The molecule has 0 atom stereocenters. The van der Waals surface area contributed by atoms with Crippen LogP contribution in [0.1, 0.15) is 0 Å². The van der Waals surface area contributed by atoms with Crippen molar-refractivity contribution in [2.45, 2.75) is 12.3 Å². The number of hydrogen-bond acceptors (Lipinski definition) is 1. The van der Waals surface area contributed by atoms with E-state index >= 15 is 0 Å². The summed E-state index contributed by atoms with van der Waals surface area (Å²) in [5.41, 5.74) is 0. The van der Waals surface area contributed by atoms with Gasteiger partial charge < -0.3 is 4.74 Å². The molecule has 0 spiro atoms. The van der Waals surface area contributed by atoms with Gasteiger partial charge in [-0.05, 0) is 6.58 Å². The molecule has 0 rings (SSSR count). The molecule has 0 aliphatic heterocycles. The summed E-state index contributed by atoms with van der Waals surface area (Å²) in [6.45, 7) is 4.78. The van der Waals surface area contributed by atoms with E-state index in [9.17, 15) is 30.7 Å². The van der Waals surface area contributed by atoms with E-state index in [-0.39, 0.29) is 6.26 Å². The van der Waals surface area contributed by atoms with E-state index in [0.717, 1.165) is 0 Å². The molecule has 0 aliphatic rings. The Morgan fingerprint density at radius 3 is 1.43 bits per heavy atom. The van der Waals surface area contributed by atoms with Crippen LogP contribution in [-0.4, -0.2) is 12.3 Å². The predicted octanol–water partition coefficient (Wildman–Crippen LogP) is 3.70. The van der Waals surface area contributed by atoms with Gasteiger partial charge in [-0.15, -0.1) is 0 Å². The van der Waals surface area contributed by atoms with Crippen LogP contribution in [0.5, 0.6) is 0 Å². The van der Waals surface area contributed by atoms with Crippen molar-refractivity contribution in [2.24, 2.45) is 0 Å². The third kappa shape index (κ3) is 7.44. The highest BCUT2D eigenvalue weighted by Crippen LogP contribution is 2.36. The van der Waals surface area contributed by atoms with Crippen LogP contribution in [0.15, 0.2) is 25.5 Å². The minimum absolute atomic E-state index is 0.0352. The van der Waals surface area contributed by atoms with E-state index in [2.05, 4.69) is 17.9 Å². The average Bonchev–Trinajstić information content (AvgIpc) is 1.82. The van der Waals surface area contributed by atoms with Crippen molar-refractivity contribution in [1.82, 2.24) is 0 Å². The molecule has 0 saturated carbocycles. The first-order valence-corrected chi connectivity index (χ1v) is 2.77. The molecule has 0 bridgehead atoms. The second kappa shape index (κ2) is 5.51. The minimum Gasteiger partial charge on any atom is -0.434 e. The fourth-order valence-corrected chi connectivity index (χ4v) is 0.171. The van der Waals surface area contributed by atoms with Gasteiger partial charge >= 0.3 is 12.3 Å². The fourth-order valence-electron chi connectivity index (χ4n) is 0.171. The SMILES string of the molecule is C=C(F)F.C=COC(F)(F)C(F)(F)F. The third-order valence-electron chi connectivity index (χ3n) is 0.561. The smallest absolute Gasteiger partial charge is 0.434 e. The monoisotopic (exact) mass is 226 g/mol. The lowest BCUT2D eigenvalue weighted by Crippen LogP contribution is -2.37. The molecule has 0 N–H and O–H groups in total. The van der Waals surface area contributed by atoms with E-state index in [1.807, 2.05) is 0 Å². The molecule has 1 nitrogen and oxygen atoms in total. The highest BCUT2D eigenvalue weighted by molar-refractivity contribution is 4.67. The quantitative estimate of drug-likeness (QED) is 0.515. The van der Waals surface area contributed by atoms with Crippen LogP contribution in [0.4, 0.5) is 30.7 Å². The zero-order valence-electron chi connectivity index (χ0n) is 6.55. The van der Waals surface area contributed by atoms with E-state index in [1.165, 1.54) is 0 Å². The van der Waals surface area contributed by atoms with E-state index in [4.69, 9.17) is 0 Å². The van der Waals surface area contributed by atoms with Crippen molar-refractivity contribution in [1.29, 1.82) is 0 Å². The molecule has 0 radical (unpaired) electrons. The lowest BCUT2D eigenvalue weighted by molar-refractivity contribution is -0.375. The number of ether oxygens (including phenoxy) is 1. The summed E-state index contributed by atoms with van der Waals surface area (Å²) in [6.07, 6.45) is -12.6. The van der Waals surface area contributed by atoms with Crippen molar-refractivity contribution < 1.29 is 35.5 Å². The highest BCUT2D eigenvalue weighted by Gasteiger charge is 2.60. The van der Waals surface area contributed by atoms with Gasteiger partial charge in [0.05, 0.1) is 6.26 Å². The van der Waals surface area contributed by atoms with Crippen LogP contribution in [0.2, 0.25) is 0 Å². The first-order valence-electron chi connectivity index (χ1n) is 2.77. The zero-order valence-corrected chi connectivity index (χ0v) is 6.55. The summed E-state index contributed by atoms with van der Waals surface area (Å²) in [4.78, 5) is 0. The molecule has 0 aromatic rings. The van der Waals surface area contributed by atoms with Gasteiger partial charge in [0.1, 0.15) is 0 Å². The van der Waals surface area contributed by atoms with Crippen LogP contribution in [-0.2, 0) is 4.74 Å². The normalized spacial score (nSPS) is 11.1. The van der Waals surface area contributed by atoms with Crippen molar-refractivity contribution in [2.75, 3.05) is 0 Å². The fraction of sp³-hybridized carbons (Fsp3) is 0.333. The Labute approximate surface area is 74.5 Å². The average molecular weight is 226 g/mol. The van der Waals surface area contributed by atoms with Crippen molar-refractivity contribution in [3.63, 3.8) is 0 Å². The highest BCUT2D eigenvalue weighted by atomic mass is 19.4. The summed E-state index contributed by atoms with van der Waals surface area (Å²) in [6, 6.07) is 0. The van der Waals surface area contributed by atoms with Gasteiger partial charge in [-0.1, -0.05) is 6.58 Å². The van der Waals surface area contributed by atoms with Gasteiger partial charge in [0, 0.05) is 0 Å². The largest absolute Gasteiger partial charge is 0.498 e. The maximum absolute atomic E-state index is 11.5. The molecule has 0 aliphatic carbocycles. The number of halogens is 7. The summed E-state index contributed by atoms with van der Waals surface area (Å²) >= 11 is 0. The second-order valence-electron chi connectivity index (χ2n) is 1.64. The van der Waals surface area contributed by atoms with Gasteiger partial charge in [0.25, 0.3) is 6.08 Å². The molecule has 0 heterocycles. The van der Waals surface area contributed by atoms with Gasteiger partial charge in [-0.3, -0.25) is 0 Å². The first kappa shape index (κ1) is 15.3. The standard InChI is InChI=1S/C4H3F5O.C2H2F2/c1-2-10-4(8,9)3(5,6)7;1-2(3)4/h2H,1H2;1H2. The van der Waals surface area contributed by atoms with E-state index in [1.54, 1.807) is 0 Å². The Morgan fingerprint density at radius 2 is 1.36 bits per heavy atom. The number of rotatable bonds is 2. The van der Waals surface area contributed by atoms with Crippen molar-refractivity contribution in [3.05, 3.63) is 25.5 Å². The van der Waals surface area contributed by atoms with Crippen LogP contribution < -0.4 is 0 Å². The topological polar surface area (TPSA) is 9.23 Å². The maximum atomic E-state index is 11.5. The number of hydrogen-bond donors (Lipinski definition) is 0. The Balaban J connectivity index is 0. The minimum atomic E-state index is -5.68. The number of alkyl halides is 5. The molecule has 0 aromatic carbocycles. The van der Waals surface area contributed by atoms with Gasteiger partial charge in [0.2, 0.25) is 0 Å². The van der Waals surface area contributed by atoms with Gasteiger partial charge in [0.15, 0.2) is 0 Å². The molecule has 0 unspecified atom stereocenters. The molecular formula is C6H5F7O. The third-order valence-corrected chi connectivity index (χ3v) is 0.561. The molecule has 8 heteroatoms. The molecule has 0 fully saturated rings.